The molecule has 10 heteroatoms. The van der Waals surface area contributed by atoms with Crippen LogP contribution in [0.4, 0.5) is 26.3 Å². The molecule has 1 heterocycles. The number of thioether (sulfide) groups is 1. The van der Waals surface area contributed by atoms with Gasteiger partial charge in [0.2, 0.25) is 0 Å². The zero-order valence-electron chi connectivity index (χ0n) is 13.7. The van der Waals surface area contributed by atoms with Crippen LogP contribution in [-0.2, 0) is 4.79 Å². The van der Waals surface area contributed by atoms with Gasteiger partial charge < -0.3 is 0 Å². The Morgan fingerprint density at radius 1 is 0.920 bits per heavy atom. The molecule has 0 N–H and O–H groups in total. The number of hydrogen-bond donors (Lipinski definition) is 0. The predicted molar refractivity (Wildman–Crippen MR) is 76.0 cm³/mol. The zero-order valence-corrected chi connectivity index (χ0v) is 14.5. The van der Waals surface area contributed by atoms with E-state index in [4.69, 9.17) is 0 Å². The smallest absolute Gasteiger partial charge is 0.298 e. The fraction of sp³-hybridized carbons (Fsp3) is 0.800. The normalized spacial score (nSPS) is 35.8. The lowest BCUT2D eigenvalue weighted by molar-refractivity contribution is -0.322. The number of alkyl halides is 6. The van der Waals surface area contributed by atoms with Crippen molar-refractivity contribution in [1.82, 2.24) is 0 Å². The van der Waals surface area contributed by atoms with Gasteiger partial charge in [-0.3, -0.25) is 4.79 Å². The largest absolute Gasteiger partial charge is 0.410 e. The van der Waals surface area contributed by atoms with Crippen molar-refractivity contribution in [2.75, 3.05) is 5.75 Å². The number of Topliss-reactive ketones (excluding diaryl/α,β-unsaturated/α-hetero) is 1. The first-order valence-electron chi connectivity index (χ1n) is 7.13. The maximum absolute atomic E-state index is 14.2. The summed E-state index contributed by atoms with van der Waals surface area (Å²) >= 11 is 0.260. The van der Waals surface area contributed by atoms with E-state index < -0.39 is 50.3 Å². The standard InChI is InChI=1S/C15H14F6N2OS/c1-9(2)8(24)10(3,4)13(9)12(6-23,15(19,20)21)11(5-22,7-25-13)14(16,17)18/h7H2,1-4H3/t11-,12-/m0/s1. The van der Waals surface area contributed by atoms with Crippen molar-refractivity contribution in [3.63, 3.8) is 0 Å². The highest BCUT2D eigenvalue weighted by Gasteiger charge is 2.96. The molecule has 0 aromatic carbocycles. The van der Waals surface area contributed by atoms with Crippen molar-refractivity contribution in [2.24, 2.45) is 21.7 Å². The number of nitrogens with zero attached hydrogens (tertiary/aromatic N) is 2. The summed E-state index contributed by atoms with van der Waals surface area (Å²) in [6, 6.07) is 1.63. The minimum atomic E-state index is -5.67. The summed E-state index contributed by atoms with van der Waals surface area (Å²) < 4.78 is 81.3. The van der Waals surface area contributed by atoms with E-state index in [-0.39, 0.29) is 11.8 Å². The molecule has 1 spiro atoms. The fourth-order valence-electron chi connectivity index (χ4n) is 5.00. The van der Waals surface area contributed by atoms with Crippen molar-refractivity contribution < 1.29 is 31.1 Å². The highest BCUT2D eigenvalue weighted by molar-refractivity contribution is 8.01. The van der Waals surface area contributed by atoms with E-state index in [1.54, 1.807) is 0 Å². The number of carbonyl (C=O) groups is 1. The zero-order chi connectivity index (χ0) is 19.9. The highest BCUT2D eigenvalue weighted by atomic mass is 32.2. The van der Waals surface area contributed by atoms with Gasteiger partial charge in [-0.1, -0.05) is 27.7 Å². The summed E-state index contributed by atoms with van der Waals surface area (Å²) in [4.78, 5) is 12.4. The van der Waals surface area contributed by atoms with Gasteiger partial charge in [0.25, 0.3) is 0 Å². The number of nitriles is 2. The molecular weight excluding hydrogens is 370 g/mol. The second kappa shape index (κ2) is 4.64. The number of ketones is 1. The predicted octanol–water partition coefficient (Wildman–Crippen LogP) is 4.25. The molecular formula is C15H14F6N2OS. The Bertz CT molecular complexity index is 708. The summed E-state index contributed by atoms with van der Waals surface area (Å²) in [6.45, 7) is 4.43. The van der Waals surface area contributed by atoms with E-state index in [0.29, 0.717) is 0 Å². The fourth-order valence-corrected chi connectivity index (χ4v) is 7.34. The summed E-state index contributed by atoms with van der Waals surface area (Å²) in [5.74, 6) is -1.94. The van der Waals surface area contributed by atoms with Crippen molar-refractivity contribution in [3.8, 4) is 12.1 Å². The maximum Gasteiger partial charge on any atom is 0.410 e. The summed E-state index contributed by atoms with van der Waals surface area (Å²) in [6.07, 6.45) is -11.3. The first-order valence-corrected chi connectivity index (χ1v) is 8.12. The van der Waals surface area contributed by atoms with Crippen LogP contribution in [0.3, 0.4) is 0 Å². The molecule has 1 aliphatic carbocycles. The Labute approximate surface area is 144 Å². The maximum atomic E-state index is 14.2. The van der Waals surface area contributed by atoms with E-state index in [1.165, 1.54) is 0 Å². The van der Waals surface area contributed by atoms with Gasteiger partial charge in [-0.2, -0.15) is 36.9 Å². The molecule has 25 heavy (non-hydrogen) atoms. The Balaban J connectivity index is 3.05. The number of hydrogen-bond acceptors (Lipinski definition) is 4. The molecule has 1 aliphatic heterocycles. The van der Waals surface area contributed by atoms with Crippen molar-refractivity contribution in [2.45, 2.75) is 44.8 Å². The van der Waals surface area contributed by atoms with Crippen LogP contribution in [-0.4, -0.2) is 28.6 Å². The van der Waals surface area contributed by atoms with Crippen LogP contribution >= 0.6 is 11.8 Å². The van der Waals surface area contributed by atoms with Crippen molar-refractivity contribution in [3.05, 3.63) is 0 Å². The second-order valence-electron chi connectivity index (χ2n) is 7.42. The molecule has 1 saturated carbocycles. The molecule has 2 atom stereocenters. The van der Waals surface area contributed by atoms with Crippen LogP contribution in [0, 0.1) is 44.3 Å². The molecule has 0 radical (unpaired) electrons. The lowest BCUT2D eigenvalue weighted by Crippen LogP contribution is -2.81. The third-order valence-corrected chi connectivity index (χ3v) is 8.17. The Morgan fingerprint density at radius 3 is 1.64 bits per heavy atom. The molecule has 3 nitrogen and oxygen atoms in total. The van der Waals surface area contributed by atoms with Gasteiger partial charge in [-0.25, -0.2) is 0 Å². The van der Waals surface area contributed by atoms with E-state index in [0.717, 1.165) is 39.8 Å². The first kappa shape index (κ1) is 19.9. The van der Waals surface area contributed by atoms with Gasteiger partial charge in [0.15, 0.2) is 10.8 Å². The van der Waals surface area contributed by atoms with Gasteiger partial charge >= 0.3 is 12.4 Å². The number of rotatable bonds is 0. The van der Waals surface area contributed by atoms with Crippen LogP contribution in [0.1, 0.15) is 27.7 Å². The second-order valence-corrected chi connectivity index (χ2v) is 8.61. The molecule has 2 aliphatic rings. The van der Waals surface area contributed by atoms with Crippen LogP contribution in [0.25, 0.3) is 0 Å². The minimum Gasteiger partial charge on any atom is -0.298 e. The minimum absolute atomic E-state index is 0.260. The SMILES string of the molecule is CC1(C)C(=O)C(C)(C)C12SC[C@](C#N)(C(F)(F)F)[C@]2(C#N)C(F)(F)F. The van der Waals surface area contributed by atoms with Gasteiger partial charge in [0.05, 0.1) is 16.9 Å². The van der Waals surface area contributed by atoms with E-state index in [9.17, 15) is 41.7 Å². The van der Waals surface area contributed by atoms with Gasteiger partial charge in [0, 0.05) is 16.6 Å². The van der Waals surface area contributed by atoms with Crippen LogP contribution in [0.2, 0.25) is 0 Å². The van der Waals surface area contributed by atoms with E-state index >= 15 is 0 Å². The summed E-state index contributed by atoms with van der Waals surface area (Å²) in [7, 11) is 0. The average molecular weight is 384 g/mol. The number of halogens is 6. The van der Waals surface area contributed by atoms with Crippen LogP contribution in [0.15, 0.2) is 0 Å². The first-order chi connectivity index (χ1) is 11.0. The Morgan fingerprint density at radius 2 is 1.36 bits per heavy atom. The van der Waals surface area contributed by atoms with Crippen LogP contribution in [0.5, 0.6) is 0 Å². The van der Waals surface area contributed by atoms with E-state index in [2.05, 4.69) is 0 Å². The lowest BCUT2D eigenvalue weighted by Gasteiger charge is -2.68. The third kappa shape index (κ3) is 1.59. The summed E-state index contributed by atoms with van der Waals surface area (Å²) in [5.41, 5.74) is -11.8. The third-order valence-electron chi connectivity index (χ3n) is 5.84. The molecule has 0 unspecified atom stereocenters. The Kier molecular flexibility index (Phi) is 3.70. The van der Waals surface area contributed by atoms with Crippen LogP contribution < -0.4 is 0 Å². The summed E-state index contributed by atoms with van der Waals surface area (Å²) in [5, 5.41) is 18.7. The van der Waals surface area contributed by atoms with Gasteiger partial charge in [-0.05, 0) is 0 Å². The molecule has 138 valence electrons. The molecule has 2 fully saturated rings. The monoisotopic (exact) mass is 384 g/mol. The lowest BCUT2D eigenvalue weighted by atomic mass is 9.36. The molecule has 0 amide bonds. The number of carbonyl (C=O) groups excluding carboxylic acids is 1. The Hall–Kier alpha value is -1.42. The van der Waals surface area contributed by atoms with Crippen molar-refractivity contribution in [1.29, 1.82) is 10.5 Å². The quantitative estimate of drug-likeness (QED) is 0.586. The molecule has 1 saturated heterocycles. The topological polar surface area (TPSA) is 64.7 Å². The molecule has 0 aromatic heterocycles. The molecule has 0 bridgehead atoms. The highest BCUT2D eigenvalue weighted by Crippen LogP contribution is 2.84. The van der Waals surface area contributed by atoms with Crippen molar-refractivity contribution >= 4 is 17.5 Å². The van der Waals surface area contributed by atoms with Gasteiger partial charge in [-0.15, -0.1) is 11.8 Å². The van der Waals surface area contributed by atoms with E-state index in [1.807, 2.05) is 0 Å². The van der Waals surface area contributed by atoms with Gasteiger partial charge in [0.1, 0.15) is 5.78 Å². The molecule has 2 rings (SSSR count). The molecule has 0 aromatic rings. The average Bonchev–Trinajstić information content (AvgIpc) is 2.80.